The number of aromatic hydroxyl groups is 2. The molecule has 0 bridgehead atoms. The van der Waals surface area contributed by atoms with Gasteiger partial charge in [-0.2, -0.15) is 0 Å². The maximum absolute atomic E-state index is 14.8. The molecule has 484 valence electrons. The van der Waals surface area contributed by atoms with Gasteiger partial charge >= 0.3 is 5.97 Å². The van der Waals surface area contributed by atoms with Crippen molar-refractivity contribution in [3.05, 3.63) is 47.2 Å². The molecule has 9 unspecified atom stereocenters. The number of carbonyl (C=O) groups is 7. The van der Waals surface area contributed by atoms with Gasteiger partial charge in [0.05, 0.1) is 42.7 Å². The van der Waals surface area contributed by atoms with E-state index in [-0.39, 0.29) is 90.1 Å². The molecule has 1 fully saturated rings. The minimum absolute atomic E-state index is 0.0163. The van der Waals surface area contributed by atoms with Gasteiger partial charge in [0.2, 0.25) is 35.4 Å². The summed E-state index contributed by atoms with van der Waals surface area (Å²) in [5.74, 6) is -4.68. The first-order valence-electron chi connectivity index (χ1n) is 31.7. The Labute approximate surface area is 511 Å². The summed E-state index contributed by atoms with van der Waals surface area (Å²) in [6.07, 6.45) is 9.37. The normalized spacial score (nSPS) is 16.6. The lowest BCUT2D eigenvalue weighted by molar-refractivity contribution is -0.148. The molecule has 2 aromatic heterocycles. The molecule has 0 saturated carbocycles. The summed E-state index contributed by atoms with van der Waals surface area (Å²) in [7, 11) is 6.49. The lowest BCUT2D eigenvalue weighted by atomic mass is 9.79. The Morgan fingerprint density at radius 3 is 2.07 bits per heavy atom. The summed E-state index contributed by atoms with van der Waals surface area (Å²) in [4.78, 5) is 104. The summed E-state index contributed by atoms with van der Waals surface area (Å²) in [5.41, 5.74) is 8.33. The lowest BCUT2D eigenvalue weighted by Gasteiger charge is -2.41. The monoisotopic (exact) mass is 1210 g/mol. The van der Waals surface area contributed by atoms with Gasteiger partial charge in [-0.1, -0.05) is 108 Å². The lowest BCUT2D eigenvalue weighted by Crippen LogP contribution is -2.60. The van der Waals surface area contributed by atoms with E-state index in [1.165, 1.54) is 24.4 Å². The second-order valence-corrected chi connectivity index (χ2v) is 25.1. The van der Waals surface area contributed by atoms with E-state index < -0.39 is 60.2 Å². The van der Waals surface area contributed by atoms with E-state index in [0.717, 1.165) is 54.1 Å². The molecule has 1 aromatic carbocycles. The molecule has 3 heterocycles. The number of aryl methyl sites for hydroxylation is 1. The third kappa shape index (κ3) is 19.2. The second kappa shape index (κ2) is 34.4. The van der Waals surface area contributed by atoms with Gasteiger partial charge in [0, 0.05) is 82.3 Å². The number of aromatic amines is 1. The summed E-state index contributed by atoms with van der Waals surface area (Å²) in [5, 5.41) is 38.4. The van der Waals surface area contributed by atoms with E-state index in [2.05, 4.69) is 66.3 Å². The number of amides is 6. The number of hydrogen-bond donors (Lipinski definition) is 8. The van der Waals surface area contributed by atoms with Crippen molar-refractivity contribution in [3.63, 3.8) is 0 Å². The number of carboxylic acid groups (broad SMARTS) is 1. The zero-order valence-corrected chi connectivity index (χ0v) is 54.5. The molecular weight excluding hydrogens is 1100 g/mol. The van der Waals surface area contributed by atoms with Gasteiger partial charge in [0.1, 0.15) is 12.1 Å². The van der Waals surface area contributed by atoms with E-state index in [0.29, 0.717) is 64.6 Å². The number of methoxy groups -OCH3 is 2. The number of aliphatic carboxylic acids is 1. The van der Waals surface area contributed by atoms with Crippen LogP contribution in [-0.2, 0) is 67.8 Å². The fourth-order valence-corrected chi connectivity index (χ4v) is 12.4. The number of hydrazine groups is 1. The summed E-state index contributed by atoms with van der Waals surface area (Å²) >= 11 is 0. The maximum Gasteiger partial charge on any atom is 0.326 e. The molecule has 21 nitrogen and oxygen atoms in total. The van der Waals surface area contributed by atoms with Crippen molar-refractivity contribution in [2.24, 2.45) is 23.7 Å². The van der Waals surface area contributed by atoms with Crippen LogP contribution in [0.3, 0.4) is 0 Å². The number of aromatic nitrogens is 2. The average Bonchev–Trinajstić information content (AvgIpc) is 2.23. The average molecular weight is 1210 g/mol. The second-order valence-electron chi connectivity index (χ2n) is 25.1. The minimum Gasteiger partial charge on any atom is -0.494 e. The van der Waals surface area contributed by atoms with E-state index in [1.807, 2.05) is 52.5 Å². The van der Waals surface area contributed by atoms with Crippen LogP contribution in [0.2, 0.25) is 0 Å². The van der Waals surface area contributed by atoms with Crippen molar-refractivity contribution in [3.8, 4) is 11.8 Å². The van der Waals surface area contributed by atoms with E-state index >= 15 is 0 Å². The van der Waals surface area contributed by atoms with Crippen molar-refractivity contribution >= 4 is 52.3 Å². The predicted octanol–water partition coefficient (Wildman–Crippen LogP) is 8.12. The highest BCUT2D eigenvalue weighted by Crippen LogP contribution is 2.41. The van der Waals surface area contributed by atoms with Crippen LogP contribution in [0.5, 0.6) is 11.8 Å². The number of likely N-dealkylation sites (tertiary alicyclic amines) is 1. The summed E-state index contributed by atoms with van der Waals surface area (Å²) in [6, 6.07) is 3.90. The van der Waals surface area contributed by atoms with Gasteiger partial charge in [0.15, 0.2) is 11.8 Å². The van der Waals surface area contributed by atoms with Crippen LogP contribution in [0, 0.1) is 23.7 Å². The number of carbonyl (C=O) groups excluding carboxylic acids is 6. The van der Waals surface area contributed by atoms with Crippen LogP contribution < -0.4 is 21.5 Å². The topological polar surface area (TPSA) is 277 Å². The molecule has 6 amide bonds. The number of H-pyrrole nitrogens is 1. The molecule has 0 aliphatic carbocycles. The molecule has 3 aromatic rings. The van der Waals surface area contributed by atoms with E-state index in [9.17, 15) is 48.9 Å². The maximum atomic E-state index is 14.8. The molecule has 8 N–H and O–H groups in total. The molecule has 86 heavy (non-hydrogen) atoms. The Morgan fingerprint density at radius 1 is 0.826 bits per heavy atom. The molecule has 21 heteroatoms. The molecule has 1 aliphatic rings. The number of nitrogens with zero attached hydrogens (tertiary/aromatic N) is 4. The first-order chi connectivity index (χ1) is 40.7. The number of fused-ring (bicyclic) bond motifs is 1. The fraction of sp³-hybridized carbons (Fsp3) is 0.708. The van der Waals surface area contributed by atoms with Gasteiger partial charge in [0.25, 0.3) is 0 Å². The fourth-order valence-electron chi connectivity index (χ4n) is 12.4. The van der Waals surface area contributed by atoms with Crippen molar-refractivity contribution in [1.29, 1.82) is 0 Å². The highest BCUT2D eigenvalue weighted by atomic mass is 16.5. The van der Waals surface area contributed by atoms with E-state index in [1.54, 1.807) is 43.1 Å². The van der Waals surface area contributed by atoms with Crippen LogP contribution in [0.4, 0.5) is 0 Å². The summed E-state index contributed by atoms with van der Waals surface area (Å²) in [6.45, 7) is 22.8. The quantitative estimate of drug-likeness (QED) is 0.0200. The van der Waals surface area contributed by atoms with Crippen molar-refractivity contribution < 1.29 is 58.4 Å². The molecular formula is C65H107N9O12. The molecule has 9 atom stereocenters. The van der Waals surface area contributed by atoms with Crippen LogP contribution in [0.1, 0.15) is 183 Å². The predicted molar refractivity (Wildman–Crippen MR) is 334 cm³/mol. The van der Waals surface area contributed by atoms with Gasteiger partial charge in [-0.25, -0.2) is 4.79 Å². The van der Waals surface area contributed by atoms with Gasteiger partial charge in [-0.05, 0) is 112 Å². The Kier molecular flexibility index (Phi) is 28.9. The number of likely N-dealkylation sites (N-methyl/N-ethyl adjacent to an activating group) is 2. The number of nitrogens with one attached hydrogen (secondary N) is 5. The van der Waals surface area contributed by atoms with Gasteiger partial charge in [-0.15, -0.1) is 0 Å². The van der Waals surface area contributed by atoms with Gasteiger partial charge < -0.3 is 50.2 Å². The number of ether oxygens (including phenoxy) is 2. The molecule has 0 spiro atoms. The van der Waals surface area contributed by atoms with Crippen molar-refractivity contribution in [2.45, 2.75) is 233 Å². The van der Waals surface area contributed by atoms with Crippen molar-refractivity contribution in [2.75, 3.05) is 41.4 Å². The molecule has 4 rings (SSSR count). The number of benzene rings is 1. The zero-order chi connectivity index (χ0) is 64.2. The third-order valence-electron chi connectivity index (χ3n) is 18.4. The zero-order valence-electron chi connectivity index (χ0n) is 54.5. The van der Waals surface area contributed by atoms with Gasteiger partial charge in [-0.3, -0.25) is 49.1 Å². The molecule has 0 radical (unpaired) electrons. The highest BCUT2D eigenvalue weighted by molar-refractivity contribution is 5.91. The Morgan fingerprint density at radius 2 is 1.49 bits per heavy atom. The standard InChI is InChI=1S/C65H107N9O12/c1-16-20-26-44-30-31-46-45(39-66-48(46)35-44)36-49(64(83)84)67-60(79)43(10)59(86-15)50-27-24-34-73(50)55(78)38-51(85-14)58(42(9)17-2)72(13)63(82)56(40(5)6)68-61(80)57(41(7)8)71(12)32-25-29-53(76)70-69-52(75)28-22-21-23-33-74-54(77)37-47(62(74)81)65(11,18-3)19-4/h30-31,35,37,39-43,49-51,56-59,66,77,81H,16-29,32-34,36,38H2,1-15H3,(H,67,79)(H,68,80)(H,69,75)(H,70,76)(H,83,84). The minimum atomic E-state index is -1.21. The number of carboxylic acids is 1. The largest absolute Gasteiger partial charge is 0.494 e. The number of rotatable bonds is 37. The SMILES string of the molecule is CCCCc1ccc2c(CC(NC(=O)C(C)C(OC)C3CCCN3C(=O)CC(OC)C(C(C)CC)N(C)C(=O)C(NC(=O)C(C(C)C)N(C)CCCC(=O)NNC(=O)CCCCCn3c(O)cc(C(C)(CC)CC)c3O)C(C)C)C(=O)O)c[nH]c2c1. The molecule has 1 saturated heterocycles. The van der Waals surface area contributed by atoms with Crippen LogP contribution >= 0.6 is 0 Å². The number of unbranched alkanes of at least 4 members (excludes halogenated alkanes) is 3. The van der Waals surface area contributed by atoms with Crippen LogP contribution in [-0.4, -0.2) is 165 Å². The highest BCUT2D eigenvalue weighted by Gasteiger charge is 2.44. The first kappa shape index (κ1) is 72.3. The Hall–Kier alpha value is -6.19. The Bertz CT molecular complexity index is 2680. The van der Waals surface area contributed by atoms with E-state index in [4.69, 9.17) is 9.47 Å². The van der Waals surface area contributed by atoms with Crippen LogP contribution in [0.15, 0.2) is 30.5 Å². The summed E-state index contributed by atoms with van der Waals surface area (Å²) < 4.78 is 13.6. The van der Waals surface area contributed by atoms with Crippen molar-refractivity contribution in [1.82, 2.24) is 45.7 Å². The molecule has 1 aliphatic heterocycles. The Balaban J connectivity index is 1.32. The smallest absolute Gasteiger partial charge is 0.326 e. The first-order valence-corrected chi connectivity index (χ1v) is 31.7. The number of hydrogen-bond acceptors (Lipinski definition) is 12. The third-order valence-corrected chi connectivity index (χ3v) is 18.4. The van der Waals surface area contributed by atoms with Crippen LogP contribution in [0.25, 0.3) is 10.9 Å².